The zero-order valence-electron chi connectivity index (χ0n) is 10.9. The van der Waals surface area contributed by atoms with E-state index in [-0.39, 0.29) is 18.3 Å². The number of anilines is 1. The minimum absolute atomic E-state index is 0. The Bertz CT molecular complexity index is 470. The lowest BCUT2D eigenvalue weighted by Gasteiger charge is -2.15. The number of hydrogen-bond donors (Lipinski definition) is 2. The van der Waals surface area contributed by atoms with E-state index in [0.29, 0.717) is 34.7 Å². The molecule has 1 atom stereocenters. The summed E-state index contributed by atoms with van der Waals surface area (Å²) in [5, 5.41) is 3.81. The van der Waals surface area contributed by atoms with Crippen LogP contribution in [-0.2, 0) is 4.79 Å². The van der Waals surface area contributed by atoms with Crippen molar-refractivity contribution in [2.45, 2.75) is 6.42 Å². The third-order valence-corrected chi connectivity index (χ3v) is 3.84. The lowest BCUT2D eigenvalue weighted by atomic mass is 10.1. The largest absolute Gasteiger partial charge is 0.330 e. The lowest BCUT2D eigenvalue weighted by Crippen LogP contribution is -2.32. The van der Waals surface area contributed by atoms with Gasteiger partial charge in [0, 0.05) is 11.6 Å². The van der Waals surface area contributed by atoms with Crippen LogP contribution in [0.15, 0.2) is 18.2 Å². The van der Waals surface area contributed by atoms with E-state index in [1.807, 2.05) is 0 Å². The molecule has 112 valence electrons. The Labute approximate surface area is 135 Å². The molecule has 4 nitrogen and oxygen atoms in total. The first-order valence-corrected chi connectivity index (χ1v) is 7.01. The first-order chi connectivity index (χ1) is 9.08. The normalized spacial score (nSPS) is 18.6. The molecule has 1 unspecified atom stereocenters. The fourth-order valence-electron chi connectivity index (χ4n) is 2.23. The second kappa shape index (κ2) is 8.05. The monoisotopic (exact) mass is 337 g/mol. The van der Waals surface area contributed by atoms with E-state index in [0.717, 1.165) is 19.5 Å². The summed E-state index contributed by atoms with van der Waals surface area (Å²) in [6.07, 6.45) is 1.06. The zero-order valence-corrected chi connectivity index (χ0v) is 13.3. The van der Waals surface area contributed by atoms with Crippen molar-refractivity contribution in [1.29, 1.82) is 0 Å². The van der Waals surface area contributed by atoms with Gasteiger partial charge in [0.15, 0.2) is 0 Å². The SMILES string of the molecule is Cl.NCC1CCN(CC(=O)Nc2cc(Cl)ccc2Cl)C1. The highest BCUT2D eigenvalue weighted by molar-refractivity contribution is 6.35. The number of nitrogens with one attached hydrogen (secondary N) is 1. The quantitative estimate of drug-likeness (QED) is 0.887. The number of halogens is 3. The Kier molecular flexibility index (Phi) is 7.06. The van der Waals surface area contributed by atoms with Gasteiger partial charge in [-0.15, -0.1) is 12.4 Å². The zero-order chi connectivity index (χ0) is 13.8. The van der Waals surface area contributed by atoms with Gasteiger partial charge in [-0.05, 0) is 43.6 Å². The van der Waals surface area contributed by atoms with E-state index in [2.05, 4.69) is 10.2 Å². The van der Waals surface area contributed by atoms with Crippen LogP contribution in [0, 0.1) is 5.92 Å². The standard InChI is InChI=1S/C13H17Cl2N3O.ClH/c14-10-1-2-11(15)12(5-10)17-13(19)8-18-4-3-9(6-16)7-18;/h1-2,5,9H,3-4,6-8,16H2,(H,17,19);1H. The smallest absolute Gasteiger partial charge is 0.238 e. The number of rotatable bonds is 4. The molecule has 20 heavy (non-hydrogen) atoms. The molecule has 0 radical (unpaired) electrons. The van der Waals surface area contributed by atoms with Gasteiger partial charge in [-0.1, -0.05) is 23.2 Å². The number of carbonyl (C=O) groups excluding carboxylic acids is 1. The van der Waals surface area contributed by atoms with Gasteiger partial charge in [-0.3, -0.25) is 9.69 Å². The molecule has 0 spiro atoms. The molecule has 2 rings (SSSR count). The average Bonchev–Trinajstić information content (AvgIpc) is 2.81. The van der Waals surface area contributed by atoms with E-state index in [1.54, 1.807) is 18.2 Å². The Balaban J connectivity index is 0.00000200. The second-order valence-electron chi connectivity index (χ2n) is 4.80. The topological polar surface area (TPSA) is 58.4 Å². The molecule has 1 amide bonds. The van der Waals surface area contributed by atoms with Gasteiger partial charge in [0.2, 0.25) is 5.91 Å². The summed E-state index contributed by atoms with van der Waals surface area (Å²) in [5.41, 5.74) is 6.18. The van der Waals surface area contributed by atoms with Crippen molar-refractivity contribution < 1.29 is 4.79 Å². The predicted octanol–water partition coefficient (Wildman–Crippen LogP) is 2.63. The van der Waals surface area contributed by atoms with Crippen molar-refractivity contribution >= 4 is 47.2 Å². The van der Waals surface area contributed by atoms with E-state index < -0.39 is 0 Å². The molecule has 1 saturated heterocycles. The minimum atomic E-state index is -0.0816. The third kappa shape index (κ3) is 4.79. The summed E-state index contributed by atoms with van der Waals surface area (Å²) in [4.78, 5) is 14.0. The van der Waals surface area contributed by atoms with E-state index in [9.17, 15) is 4.79 Å². The Morgan fingerprint density at radius 3 is 2.85 bits per heavy atom. The first-order valence-electron chi connectivity index (χ1n) is 6.26. The van der Waals surface area contributed by atoms with E-state index >= 15 is 0 Å². The first kappa shape index (κ1) is 17.5. The fraction of sp³-hybridized carbons (Fsp3) is 0.462. The van der Waals surface area contributed by atoms with Crippen LogP contribution in [-0.4, -0.2) is 37.0 Å². The molecule has 1 aromatic carbocycles. The van der Waals surface area contributed by atoms with E-state index in [1.165, 1.54) is 0 Å². The maximum absolute atomic E-state index is 11.9. The van der Waals surface area contributed by atoms with Gasteiger partial charge < -0.3 is 11.1 Å². The lowest BCUT2D eigenvalue weighted by molar-refractivity contribution is -0.117. The van der Waals surface area contributed by atoms with Gasteiger partial charge in [-0.2, -0.15) is 0 Å². The highest BCUT2D eigenvalue weighted by Crippen LogP contribution is 2.25. The van der Waals surface area contributed by atoms with Gasteiger partial charge in [0.05, 0.1) is 17.3 Å². The molecule has 1 aromatic rings. The summed E-state index contributed by atoms with van der Waals surface area (Å²) in [7, 11) is 0. The van der Waals surface area contributed by atoms with Gasteiger partial charge in [0.1, 0.15) is 0 Å². The molecule has 0 bridgehead atoms. The Morgan fingerprint density at radius 1 is 1.45 bits per heavy atom. The molecule has 0 saturated carbocycles. The molecule has 1 heterocycles. The second-order valence-corrected chi connectivity index (χ2v) is 5.64. The van der Waals surface area contributed by atoms with Crippen molar-refractivity contribution in [3.8, 4) is 0 Å². The Morgan fingerprint density at radius 2 is 2.20 bits per heavy atom. The number of likely N-dealkylation sites (tertiary alicyclic amines) is 1. The molecule has 0 aliphatic carbocycles. The molecular formula is C13H18Cl3N3O. The molecule has 0 aromatic heterocycles. The van der Waals surface area contributed by atoms with Crippen LogP contribution in [0.5, 0.6) is 0 Å². The predicted molar refractivity (Wildman–Crippen MR) is 85.9 cm³/mol. The van der Waals surface area contributed by atoms with Crippen LogP contribution in [0.3, 0.4) is 0 Å². The maximum atomic E-state index is 11.9. The molecular weight excluding hydrogens is 321 g/mol. The molecule has 7 heteroatoms. The number of nitrogens with two attached hydrogens (primary N) is 1. The third-order valence-electron chi connectivity index (χ3n) is 3.27. The summed E-state index contributed by atoms with van der Waals surface area (Å²) in [5.74, 6) is 0.421. The number of carbonyl (C=O) groups is 1. The van der Waals surface area contributed by atoms with Crippen LogP contribution < -0.4 is 11.1 Å². The van der Waals surface area contributed by atoms with Crippen molar-refractivity contribution in [3.63, 3.8) is 0 Å². The molecule has 3 N–H and O–H groups in total. The minimum Gasteiger partial charge on any atom is -0.330 e. The highest BCUT2D eigenvalue weighted by atomic mass is 35.5. The average molecular weight is 339 g/mol. The molecule has 1 aliphatic heterocycles. The highest BCUT2D eigenvalue weighted by Gasteiger charge is 2.22. The van der Waals surface area contributed by atoms with Gasteiger partial charge in [0.25, 0.3) is 0 Å². The Hall–Kier alpha value is -0.520. The van der Waals surface area contributed by atoms with Crippen LogP contribution in [0.1, 0.15) is 6.42 Å². The molecule has 1 fully saturated rings. The number of benzene rings is 1. The van der Waals surface area contributed by atoms with Crippen molar-refractivity contribution in [2.24, 2.45) is 11.7 Å². The van der Waals surface area contributed by atoms with Crippen LogP contribution in [0.2, 0.25) is 10.0 Å². The molecule has 1 aliphatic rings. The van der Waals surface area contributed by atoms with Crippen LogP contribution in [0.4, 0.5) is 5.69 Å². The van der Waals surface area contributed by atoms with Gasteiger partial charge in [-0.25, -0.2) is 0 Å². The van der Waals surface area contributed by atoms with Crippen molar-refractivity contribution in [3.05, 3.63) is 28.2 Å². The number of nitrogens with zero attached hydrogens (tertiary/aromatic N) is 1. The van der Waals surface area contributed by atoms with Crippen molar-refractivity contribution in [2.75, 3.05) is 31.5 Å². The maximum Gasteiger partial charge on any atom is 0.238 e. The summed E-state index contributed by atoms with van der Waals surface area (Å²) < 4.78 is 0. The van der Waals surface area contributed by atoms with Gasteiger partial charge >= 0.3 is 0 Å². The summed E-state index contributed by atoms with van der Waals surface area (Å²) in [6.45, 7) is 2.84. The van der Waals surface area contributed by atoms with Crippen molar-refractivity contribution in [1.82, 2.24) is 4.90 Å². The van der Waals surface area contributed by atoms with Crippen LogP contribution in [0.25, 0.3) is 0 Å². The van der Waals surface area contributed by atoms with Crippen LogP contribution >= 0.6 is 35.6 Å². The summed E-state index contributed by atoms with van der Waals surface area (Å²) in [6, 6.07) is 5.00. The number of amides is 1. The fourth-order valence-corrected chi connectivity index (χ4v) is 2.57. The van der Waals surface area contributed by atoms with E-state index in [4.69, 9.17) is 28.9 Å². The number of hydrogen-bond acceptors (Lipinski definition) is 3. The summed E-state index contributed by atoms with van der Waals surface area (Å²) >= 11 is 11.9.